The van der Waals surface area contributed by atoms with Gasteiger partial charge in [0, 0.05) is 13.2 Å². The Morgan fingerprint density at radius 1 is 1.45 bits per heavy atom. The zero-order chi connectivity index (χ0) is 14.8. The second kappa shape index (κ2) is 5.40. The molecule has 8 heteroatoms. The number of halogens is 1. The predicted molar refractivity (Wildman–Crippen MR) is 68.3 cm³/mol. The predicted octanol–water partition coefficient (Wildman–Crippen LogP) is 0.909. The van der Waals surface area contributed by atoms with Crippen LogP contribution in [0.1, 0.15) is 11.3 Å². The van der Waals surface area contributed by atoms with E-state index < -0.39 is 15.8 Å². The molecule has 2 rings (SSSR count). The topological polar surface area (TPSA) is 87.8 Å². The van der Waals surface area contributed by atoms with Gasteiger partial charge >= 0.3 is 0 Å². The van der Waals surface area contributed by atoms with Gasteiger partial charge in [-0.3, -0.25) is 4.68 Å². The van der Waals surface area contributed by atoms with E-state index in [1.807, 2.05) is 0 Å². The molecule has 2 aromatic rings. The summed E-state index contributed by atoms with van der Waals surface area (Å²) in [6.45, 7) is 0.0537. The zero-order valence-corrected chi connectivity index (χ0v) is 11.4. The van der Waals surface area contributed by atoms with Crippen LogP contribution in [0.4, 0.5) is 4.39 Å². The summed E-state index contributed by atoms with van der Waals surface area (Å²) in [5.74, 6) is -0.752. The summed E-state index contributed by atoms with van der Waals surface area (Å²) < 4.78 is 41.2. The number of nitrogens with zero attached hydrogens (tertiary/aromatic N) is 3. The molecule has 104 valence electrons. The molecule has 0 aliphatic heterocycles. The summed E-state index contributed by atoms with van der Waals surface area (Å²) >= 11 is 0. The van der Waals surface area contributed by atoms with Crippen molar-refractivity contribution in [2.24, 2.45) is 7.05 Å². The number of aryl methyl sites for hydroxylation is 1. The molecule has 1 N–H and O–H groups in total. The molecular formula is C12H11FN4O2S. The molecule has 0 unspecified atom stereocenters. The molecule has 1 aromatic carbocycles. The second-order valence-corrected chi connectivity index (χ2v) is 5.79. The maximum atomic E-state index is 13.2. The molecule has 20 heavy (non-hydrogen) atoms. The maximum Gasteiger partial charge on any atom is 0.240 e. The molecule has 0 amide bonds. The molecular weight excluding hydrogens is 283 g/mol. The third kappa shape index (κ3) is 2.84. The molecule has 1 heterocycles. The smallest absolute Gasteiger partial charge is 0.240 e. The molecule has 0 aliphatic carbocycles. The number of hydrogen-bond acceptors (Lipinski definition) is 4. The van der Waals surface area contributed by atoms with Crippen LogP contribution >= 0.6 is 0 Å². The highest BCUT2D eigenvalue weighted by Gasteiger charge is 2.16. The van der Waals surface area contributed by atoms with Crippen molar-refractivity contribution in [3.63, 3.8) is 0 Å². The first-order chi connectivity index (χ1) is 9.44. The lowest BCUT2D eigenvalue weighted by molar-refractivity contribution is 0.576. The normalized spacial score (nSPS) is 11.2. The van der Waals surface area contributed by atoms with E-state index in [1.54, 1.807) is 25.4 Å². The van der Waals surface area contributed by atoms with Gasteiger partial charge in [-0.1, -0.05) is 0 Å². The van der Waals surface area contributed by atoms with Gasteiger partial charge in [-0.15, -0.1) is 0 Å². The first kappa shape index (κ1) is 14.2. The van der Waals surface area contributed by atoms with Crippen LogP contribution in [0.5, 0.6) is 0 Å². The van der Waals surface area contributed by atoms with Gasteiger partial charge in [0.1, 0.15) is 11.9 Å². The van der Waals surface area contributed by atoms with Crippen LogP contribution in [0.3, 0.4) is 0 Å². The summed E-state index contributed by atoms with van der Waals surface area (Å²) in [7, 11) is -2.12. The monoisotopic (exact) mass is 294 g/mol. The van der Waals surface area contributed by atoms with E-state index in [4.69, 9.17) is 5.26 Å². The molecule has 1 aromatic heterocycles. The van der Waals surface area contributed by atoms with Crippen LogP contribution < -0.4 is 4.72 Å². The largest absolute Gasteiger partial charge is 0.271 e. The fourth-order valence-corrected chi connectivity index (χ4v) is 2.61. The molecule has 0 fully saturated rings. The van der Waals surface area contributed by atoms with Crippen LogP contribution in [0.25, 0.3) is 0 Å². The number of sulfonamides is 1. The molecule has 0 saturated carbocycles. The van der Waals surface area contributed by atoms with Crippen LogP contribution in [0.2, 0.25) is 0 Å². The first-order valence-corrected chi connectivity index (χ1v) is 7.08. The molecule has 0 atom stereocenters. The fourth-order valence-electron chi connectivity index (χ4n) is 1.58. The van der Waals surface area contributed by atoms with E-state index >= 15 is 0 Å². The van der Waals surface area contributed by atoms with E-state index in [0.29, 0.717) is 5.69 Å². The standard InChI is InChI=1S/C12H11FN4O2S/c1-17-10(4-5-15-17)8-16-20(18,19)11-2-3-12(13)9(6-11)7-14/h2-6,16H,8H2,1H3. The minimum absolute atomic E-state index is 0.0537. The summed E-state index contributed by atoms with van der Waals surface area (Å²) in [6.07, 6.45) is 1.55. The molecule has 0 aliphatic rings. The summed E-state index contributed by atoms with van der Waals surface area (Å²) in [5, 5.41) is 12.6. The highest BCUT2D eigenvalue weighted by atomic mass is 32.2. The Balaban J connectivity index is 2.23. The van der Waals surface area contributed by atoms with Crippen LogP contribution in [-0.4, -0.2) is 18.2 Å². The van der Waals surface area contributed by atoms with Crippen molar-refractivity contribution in [1.82, 2.24) is 14.5 Å². The van der Waals surface area contributed by atoms with Crippen LogP contribution in [0, 0.1) is 17.1 Å². The van der Waals surface area contributed by atoms with Gasteiger partial charge in [0.15, 0.2) is 0 Å². The van der Waals surface area contributed by atoms with Crippen molar-refractivity contribution < 1.29 is 12.8 Å². The van der Waals surface area contributed by atoms with Crippen molar-refractivity contribution in [2.45, 2.75) is 11.4 Å². The molecule has 0 saturated heterocycles. The lowest BCUT2D eigenvalue weighted by Gasteiger charge is -2.07. The van der Waals surface area contributed by atoms with E-state index in [-0.39, 0.29) is 17.0 Å². The molecule has 6 nitrogen and oxygen atoms in total. The maximum absolute atomic E-state index is 13.2. The van der Waals surface area contributed by atoms with Gasteiger partial charge in [-0.05, 0) is 24.3 Å². The Bertz CT molecular complexity index is 777. The van der Waals surface area contributed by atoms with Gasteiger partial charge in [0.25, 0.3) is 0 Å². The van der Waals surface area contributed by atoms with E-state index in [1.165, 1.54) is 4.68 Å². The second-order valence-electron chi connectivity index (χ2n) is 4.02. The Labute approximate surface area is 115 Å². The van der Waals surface area contributed by atoms with Crippen molar-refractivity contribution in [3.8, 4) is 6.07 Å². The van der Waals surface area contributed by atoms with E-state index in [2.05, 4.69) is 9.82 Å². The highest BCUT2D eigenvalue weighted by Crippen LogP contribution is 2.14. The quantitative estimate of drug-likeness (QED) is 0.908. The molecule has 0 bridgehead atoms. The third-order valence-corrected chi connectivity index (χ3v) is 4.13. The van der Waals surface area contributed by atoms with Crippen LogP contribution in [-0.2, 0) is 23.6 Å². The number of aromatic nitrogens is 2. The van der Waals surface area contributed by atoms with Gasteiger partial charge in [0.05, 0.1) is 22.7 Å². The van der Waals surface area contributed by atoms with Crippen LogP contribution in [0.15, 0.2) is 35.4 Å². The summed E-state index contributed by atoms with van der Waals surface area (Å²) in [5.41, 5.74) is 0.365. The summed E-state index contributed by atoms with van der Waals surface area (Å²) in [6, 6.07) is 6.35. The fraction of sp³-hybridized carbons (Fsp3) is 0.167. The number of hydrogen-bond donors (Lipinski definition) is 1. The summed E-state index contributed by atoms with van der Waals surface area (Å²) in [4.78, 5) is -0.155. The Hall–Kier alpha value is -2.24. The minimum atomic E-state index is -3.81. The number of nitriles is 1. The van der Waals surface area contributed by atoms with Crippen molar-refractivity contribution in [1.29, 1.82) is 5.26 Å². The van der Waals surface area contributed by atoms with Crippen molar-refractivity contribution in [3.05, 3.63) is 47.5 Å². The average molecular weight is 294 g/mol. The third-order valence-electron chi connectivity index (χ3n) is 2.73. The van der Waals surface area contributed by atoms with Gasteiger partial charge in [0.2, 0.25) is 10.0 Å². The van der Waals surface area contributed by atoms with Gasteiger partial charge in [-0.25, -0.2) is 17.5 Å². The highest BCUT2D eigenvalue weighted by molar-refractivity contribution is 7.89. The van der Waals surface area contributed by atoms with Crippen molar-refractivity contribution in [2.75, 3.05) is 0 Å². The minimum Gasteiger partial charge on any atom is -0.271 e. The van der Waals surface area contributed by atoms with E-state index in [9.17, 15) is 12.8 Å². The average Bonchev–Trinajstić information content (AvgIpc) is 2.82. The van der Waals surface area contributed by atoms with E-state index in [0.717, 1.165) is 18.2 Å². The SMILES string of the molecule is Cn1nccc1CNS(=O)(=O)c1ccc(F)c(C#N)c1. The number of rotatable bonds is 4. The first-order valence-electron chi connectivity index (χ1n) is 5.60. The zero-order valence-electron chi connectivity index (χ0n) is 10.5. The van der Waals surface area contributed by atoms with Crippen molar-refractivity contribution >= 4 is 10.0 Å². The van der Waals surface area contributed by atoms with Gasteiger partial charge in [-0.2, -0.15) is 10.4 Å². The number of nitrogens with one attached hydrogen (secondary N) is 1. The molecule has 0 radical (unpaired) electrons. The molecule has 0 spiro atoms. The van der Waals surface area contributed by atoms with Gasteiger partial charge < -0.3 is 0 Å². The number of benzene rings is 1. The lowest BCUT2D eigenvalue weighted by atomic mass is 10.2. The lowest BCUT2D eigenvalue weighted by Crippen LogP contribution is -2.24. The Kier molecular flexibility index (Phi) is 3.83. The Morgan fingerprint density at radius 2 is 2.20 bits per heavy atom. The Morgan fingerprint density at radius 3 is 2.80 bits per heavy atom.